The molecule has 1 heteroatoms. The van der Waals surface area contributed by atoms with Crippen LogP contribution in [-0.2, 0) is 6.54 Å². The highest BCUT2D eigenvalue weighted by molar-refractivity contribution is 5.96. The highest BCUT2D eigenvalue weighted by Gasteiger charge is 2.06. The van der Waals surface area contributed by atoms with E-state index in [1.54, 1.807) is 0 Å². The van der Waals surface area contributed by atoms with Crippen LogP contribution in [0.25, 0.3) is 21.9 Å². The lowest BCUT2D eigenvalue weighted by Gasteiger charge is -2.10. The third-order valence-electron chi connectivity index (χ3n) is 3.23. The Labute approximate surface area is 107 Å². The average Bonchev–Trinajstić information content (AvgIpc) is 2.46. The summed E-state index contributed by atoms with van der Waals surface area (Å²) in [5.41, 5.74) is 9.29. The van der Waals surface area contributed by atoms with E-state index in [9.17, 15) is 0 Å². The van der Waals surface area contributed by atoms with Crippen LogP contribution in [0.2, 0.25) is 0 Å². The molecule has 2 N–H and O–H groups in total. The largest absolute Gasteiger partial charge is 0.326 e. The molecule has 3 rings (SSSR count). The molecule has 0 aliphatic rings. The fourth-order valence-corrected chi connectivity index (χ4v) is 2.33. The molecule has 87 valence electrons. The van der Waals surface area contributed by atoms with Gasteiger partial charge in [-0.2, -0.15) is 0 Å². The lowest BCUT2D eigenvalue weighted by atomic mass is 9.95. The van der Waals surface area contributed by atoms with Crippen LogP contribution < -0.4 is 5.73 Å². The first-order chi connectivity index (χ1) is 8.90. The molecule has 18 heavy (non-hydrogen) atoms. The molecular weight excluding hydrogens is 218 g/mol. The lowest BCUT2D eigenvalue weighted by molar-refractivity contribution is 1.07. The van der Waals surface area contributed by atoms with Crippen LogP contribution in [0.4, 0.5) is 0 Å². The maximum Gasteiger partial charge on any atom is 0.0184 e. The Morgan fingerprint density at radius 2 is 1.67 bits per heavy atom. The van der Waals surface area contributed by atoms with Gasteiger partial charge in [0.15, 0.2) is 0 Å². The summed E-state index contributed by atoms with van der Waals surface area (Å²) in [6.45, 7) is 0.549. The van der Waals surface area contributed by atoms with E-state index in [1.165, 1.54) is 16.3 Å². The molecule has 0 aromatic heterocycles. The van der Waals surface area contributed by atoms with Crippen LogP contribution in [0.3, 0.4) is 0 Å². The van der Waals surface area contributed by atoms with Crippen LogP contribution in [0.5, 0.6) is 0 Å². The number of hydrogen-bond acceptors (Lipinski definition) is 1. The maximum absolute atomic E-state index is 5.82. The van der Waals surface area contributed by atoms with E-state index in [0.717, 1.165) is 11.1 Å². The van der Waals surface area contributed by atoms with Gasteiger partial charge in [-0.15, -0.1) is 0 Å². The normalized spacial score (nSPS) is 10.7. The maximum atomic E-state index is 5.82. The van der Waals surface area contributed by atoms with Crippen molar-refractivity contribution < 1.29 is 0 Å². The Hall–Kier alpha value is -2.12. The van der Waals surface area contributed by atoms with Crippen molar-refractivity contribution in [2.24, 2.45) is 5.73 Å². The Morgan fingerprint density at radius 3 is 2.56 bits per heavy atom. The van der Waals surface area contributed by atoms with E-state index < -0.39 is 0 Å². The first-order valence-corrected chi connectivity index (χ1v) is 6.08. The fourth-order valence-electron chi connectivity index (χ4n) is 2.33. The SMILES string of the molecule is NCc1ccccc1-c1[c]ccc2ccccc12. The van der Waals surface area contributed by atoms with Crippen LogP contribution in [0.1, 0.15) is 5.56 Å². The summed E-state index contributed by atoms with van der Waals surface area (Å²) in [5.74, 6) is 0. The Bertz CT molecular complexity index is 681. The van der Waals surface area contributed by atoms with E-state index in [-0.39, 0.29) is 0 Å². The summed E-state index contributed by atoms with van der Waals surface area (Å²) in [7, 11) is 0. The summed E-state index contributed by atoms with van der Waals surface area (Å²) in [6, 6.07) is 24.0. The molecule has 0 heterocycles. The zero-order chi connectivity index (χ0) is 12.4. The minimum absolute atomic E-state index is 0.549. The van der Waals surface area contributed by atoms with Crippen molar-refractivity contribution in [2.45, 2.75) is 6.54 Å². The van der Waals surface area contributed by atoms with E-state index >= 15 is 0 Å². The summed E-state index contributed by atoms with van der Waals surface area (Å²) in [5, 5.41) is 2.46. The van der Waals surface area contributed by atoms with Crippen LogP contribution in [0.15, 0.2) is 60.7 Å². The molecule has 0 fully saturated rings. The van der Waals surface area contributed by atoms with Gasteiger partial charge in [-0.05, 0) is 33.5 Å². The van der Waals surface area contributed by atoms with Gasteiger partial charge in [0.25, 0.3) is 0 Å². The molecule has 0 spiro atoms. The van der Waals surface area contributed by atoms with Gasteiger partial charge in [-0.25, -0.2) is 0 Å². The van der Waals surface area contributed by atoms with Gasteiger partial charge >= 0.3 is 0 Å². The van der Waals surface area contributed by atoms with Crippen molar-refractivity contribution in [1.29, 1.82) is 0 Å². The van der Waals surface area contributed by atoms with Gasteiger partial charge < -0.3 is 5.73 Å². The standard InChI is InChI=1S/C17H14N/c18-12-14-7-2-4-10-16(14)17-11-5-8-13-6-1-3-9-15(13)17/h1-10H,12,18H2. The smallest absolute Gasteiger partial charge is 0.0184 e. The quantitative estimate of drug-likeness (QED) is 0.715. The zero-order valence-electron chi connectivity index (χ0n) is 10.1. The summed E-state index contributed by atoms with van der Waals surface area (Å²) < 4.78 is 0. The van der Waals surface area contributed by atoms with E-state index in [0.29, 0.717) is 6.54 Å². The van der Waals surface area contributed by atoms with Crippen molar-refractivity contribution in [3.63, 3.8) is 0 Å². The van der Waals surface area contributed by atoms with Gasteiger partial charge in [0.2, 0.25) is 0 Å². The van der Waals surface area contributed by atoms with Crippen LogP contribution >= 0.6 is 0 Å². The number of hydrogen-bond donors (Lipinski definition) is 1. The third kappa shape index (κ3) is 1.79. The predicted octanol–water partition coefficient (Wildman–Crippen LogP) is 3.77. The number of fused-ring (bicyclic) bond motifs is 1. The molecule has 0 saturated carbocycles. The van der Waals surface area contributed by atoms with E-state index in [4.69, 9.17) is 5.73 Å². The van der Waals surface area contributed by atoms with E-state index in [1.807, 2.05) is 18.2 Å². The van der Waals surface area contributed by atoms with Crippen molar-refractivity contribution in [1.82, 2.24) is 0 Å². The fraction of sp³-hybridized carbons (Fsp3) is 0.0588. The number of benzene rings is 3. The third-order valence-corrected chi connectivity index (χ3v) is 3.23. The zero-order valence-corrected chi connectivity index (χ0v) is 10.1. The van der Waals surface area contributed by atoms with E-state index in [2.05, 4.69) is 48.5 Å². The molecule has 3 aromatic carbocycles. The van der Waals surface area contributed by atoms with Crippen molar-refractivity contribution >= 4 is 10.8 Å². The minimum atomic E-state index is 0.549. The van der Waals surface area contributed by atoms with Crippen molar-refractivity contribution in [3.05, 3.63) is 72.3 Å². The molecule has 0 unspecified atom stereocenters. The van der Waals surface area contributed by atoms with Gasteiger partial charge in [0, 0.05) is 6.54 Å². The molecule has 0 atom stereocenters. The minimum Gasteiger partial charge on any atom is -0.326 e. The molecule has 1 nitrogen and oxygen atoms in total. The molecule has 0 aliphatic carbocycles. The monoisotopic (exact) mass is 232 g/mol. The average molecular weight is 232 g/mol. The van der Waals surface area contributed by atoms with Crippen molar-refractivity contribution in [2.75, 3.05) is 0 Å². The summed E-state index contributed by atoms with van der Waals surface area (Å²) in [6.07, 6.45) is 0. The second-order valence-corrected chi connectivity index (χ2v) is 4.30. The van der Waals surface area contributed by atoms with Gasteiger partial charge in [0.1, 0.15) is 0 Å². The highest BCUT2D eigenvalue weighted by Crippen LogP contribution is 2.30. The highest BCUT2D eigenvalue weighted by atomic mass is 14.5. The first kappa shape index (κ1) is 11.0. The number of rotatable bonds is 2. The van der Waals surface area contributed by atoms with Crippen LogP contribution in [0, 0.1) is 6.07 Å². The molecule has 0 amide bonds. The Kier molecular flexibility index (Phi) is 2.83. The summed E-state index contributed by atoms with van der Waals surface area (Å²) >= 11 is 0. The second kappa shape index (κ2) is 4.63. The second-order valence-electron chi connectivity index (χ2n) is 4.30. The molecular formula is C17H14N. The first-order valence-electron chi connectivity index (χ1n) is 6.08. The topological polar surface area (TPSA) is 26.0 Å². The van der Waals surface area contributed by atoms with Gasteiger partial charge in [-0.3, -0.25) is 0 Å². The lowest BCUT2D eigenvalue weighted by Crippen LogP contribution is -1.98. The number of nitrogens with two attached hydrogens (primary N) is 1. The Balaban J connectivity index is 2.32. The molecule has 0 bridgehead atoms. The molecule has 0 aliphatic heterocycles. The van der Waals surface area contributed by atoms with Gasteiger partial charge in [0.05, 0.1) is 0 Å². The van der Waals surface area contributed by atoms with Gasteiger partial charge in [-0.1, -0.05) is 60.7 Å². The molecule has 0 saturated heterocycles. The van der Waals surface area contributed by atoms with Crippen LogP contribution in [-0.4, -0.2) is 0 Å². The van der Waals surface area contributed by atoms with Crippen molar-refractivity contribution in [3.8, 4) is 11.1 Å². The molecule has 1 radical (unpaired) electrons. The summed E-state index contributed by atoms with van der Waals surface area (Å²) in [4.78, 5) is 0. The predicted molar refractivity (Wildman–Crippen MR) is 76.1 cm³/mol. The Morgan fingerprint density at radius 1 is 0.889 bits per heavy atom. The molecule has 3 aromatic rings.